The second-order valence-corrected chi connectivity index (χ2v) is 13.6. The molecule has 13 nitrogen and oxygen atoms in total. The number of hydrogen-bond donors (Lipinski definition) is 3. The van der Waals surface area contributed by atoms with Gasteiger partial charge >= 0.3 is 12.1 Å². The van der Waals surface area contributed by atoms with Gasteiger partial charge in [-0.2, -0.15) is 0 Å². The van der Waals surface area contributed by atoms with E-state index in [9.17, 15) is 14.4 Å². The maximum atomic E-state index is 13.7. The molecule has 54 heavy (non-hydrogen) atoms. The second kappa shape index (κ2) is 19.0. The normalized spacial score (nSPS) is 17.3. The molecule has 280 valence electrons. The Bertz CT molecular complexity index is 1980. The summed E-state index contributed by atoms with van der Waals surface area (Å²) in [6, 6.07) is 28.0. The van der Waals surface area contributed by atoms with Gasteiger partial charge in [0.15, 0.2) is 0 Å². The Hall–Kier alpha value is -5.57. The lowest BCUT2D eigenvalue weighted by atomic mass is 10.00. The summed E-state index contributed by atoms with van der Waals surface area (Å²) in [5, 5.41) is 17.9. The molecule has 2 amide bonds. The second-order valence-electron chi connectivity index (χ2n) is 12.7. The van der Waals surface area contributed by atoms with Crippen molar-refractivity contribution in [3.05, 3.63) is 115 Å². The van der Waals surface area contributed by atoms with Crippen molar-refractivity contribution in [3.8, 4) is 22.6 Å². The quantitative estimate of drug-likeness (QED) is 0.0882. The number of hydrogen-bond acceptors (Lipinski definition) is 12. The van der Waals surface area contributed by atoms with Crippen molar-refractivity contribution in [1.82, 2.24) is 25.8 Å². The van der Waals surface area contributed by atoms with Crippen molar-refractivity contribution in [2.24, 2.45) is 0 Å². The number of anilines is 1. The predicted molar refractivity (Wildman–Crippen MR) is 204 cm³/mol. The summed E-state index contributed by atoms with van der Waals surface area (Å²) in [7, 11) is 1.27. The molecule has 5 aromatic rings. The van der Waals surface area contributed by atoms with Crippen LogP contribution in [0.5, 0.6) is 0 Å². The number of nitrogens with one attached hydrogen (secondary N) is 3. The van der Waals surface area contributed by atoms with Crippen LogP contribution in [0.1, 0.15) is 24.5 Å². The summed E-state index contributed by atoms with van der Waals surface area (Å²) in [5.41, 5.74) is 5.36. The third kappa shape index (κ3) is 10.7. The van der Waals surface area contributed by atoms with Crippen LogP contribution in [0.25, 0.3) is 22.6 Å². The average molecular weight is 751 g/mol. The molecule has 1 fully saturated rings. The molecule has 0 bridgehead atoms. The third-order valence-corrected chi connectivity index (χ3v) is 9.81. The van der Waals surface area contributed by atoms with E-state index in [-0.39, 0.29) is 43.2 Å². The first-order valence-electron chi connectivity index (χ1n) is 17.6. The van der Waals surface area contributed by atoms with Crippen LogP contribution in [0.4, 0.5) is 10.5 Å². The van der Waals surface area contributed by atoms with Crippen molar-refractivity contribution in [3.63, 3.8) is 0 Å². The fraction of sp³-hybridized carbons (Fsp3) is 0.300. The van der Waals surface area contributed by atoms with Crippen LogP contribution < -0.4 is 16.0 Å². The summed E-state index contributed by atoms with van der Waals surface area (Å²) >= 11 is 1.37. The number of esters is 1. The number of carbonyl (C=O) groups excluding carboxylic acids is 3. The highest BCUT2D eigenvalue weighted by Gasteiger charge is 2.32. The van der Waals surface area contributed by atoms with Gasteiger partial charge in [-0.15, -0.1) is 10.2 Å². The number of benzene rings is 3. The number of rotatable bonds is 15. The number of ether oxygens (including phenoxy) is 3. The van der Waals surface area contributed by atoms with E-state index in [2.05, 4.69) is 31.1 Å². The summed E-state index contributed by atoms with van der Waals surface area (Å²) in [5.74, 6) is 0.137. The molecule has 4 atom stereocenters. The molecule has 1 aliphatic rings. The molecule has 1 saturated heterocycles. The predicted octanol–water partition coefficient (Wildman–Crippen LogP) is 5.72. The van der Waals surface area contributed by atoms with Gasteiger partial charge in [-0.1, -0.05) is 84.6 Å². The fourth-order valence-electron chi connectivity index (χ4n) is 6.04. The Morgan fingerprint density at radius 3 is 2.43 bits per heavy atom. The highest BCUT2D eigenvalue weighted by atomic mass is 32.2. The van der Waals surface area contributed by atoms with Gasteiger partial charge < -0.3 is 34.6 Å². The standard InChI is InChI=1S/C40H42N6O7S/c1-26(47)51-24-35-36(25-54-40-46-45-38(53-40)31-18-20-41-21-19-31)52-32(23-42-35)17-16-30-10-6-7-11-33(30)43-37(48)34(44-39(49)50-2)22-27-12-14-29(15-13-27)28-8-4-3-5-9-28/h3-15,18-21,32,34-36,42H,16-17,22-25H2,1-2H3,(H,43,48)(H,44,49)/t32-,34+,35?,36?/m1/s1. The zero-order chi connectivity index (χ0) is 37.7. The lowest BCUT2D eigenvalue weighted by molar-refractivity contribution is -0.144. The lowest BCUT2D eigenvalue weighted by Crippen LogP contribution is -2.55. The number of alkyl carbamates (subject to hydrolysis) is 1. The van der Waals surface area contributed by atoms with E-state index in [0.717, 1.165) is 27.8 Å². The van der Waals surface area contributed by atoms with Gasteiger partial charge in [0, 0.05) is 49.3 Å². The van der Waals surface area contributed by atoms with Crippen molar-refractivity contribution in [1.29, 1.82) is 0 Å². The van der Waals surface area contributed by atoms with E-state index in [4.69, 9.17) is 18.6 Å². The molecule has 3 aromatic carbocycles. The van der Waals surface area contributed by atoms with Gasteiger partial charge in [0.05, 0.1) is 25.4 Å². The number of thioether (sulfide) groups is 1. The van der Waals surface area contributed by atoms with Gasteiger partial charge in [0.1, 0.15) is 12.6 Å². The molecule has 3 N–H and O–H groups in total. The van der Waals surface area contributed by atoms with Crippen LogP contribution in [-0.4, -0.2) is 83.5 Å². The number of para-hydroxylation sites is 1. The molecule has 0 spiro atoms. The Morgan fingerprint density at radius 1 is 0.926 bits per heavy atom. The Morgan fingerprint density at radius 2 is 1.67 bits per heavy atom. The van der Waals surface area contributed by atoms with Crippen LogP contribution in [0.15, 0.2) is 113 Å². The van der Waals surface area contributed by atoms with Crippen molar-refractivity contribution < 1.29 is 33.0 Å². The van der Waals surface area contributed by atoms with Gasteiger partial charge in [-0.25, -0.2) is 4.79 Å². The highest BCUT2D eigenvalue weighted by Crippen LogP contribution is 2.27. The summed E-state index contributed by atoms with van der Waals surface area (Å²) < 4.78 is 22.6. The Balaban J connectivity index is 1.08. The van der Waals surface area contributed by atoms with Crippen molar-refractivity contribution in [2.45, 2.75) is 55.7 Å². The van der Waals surface area contributed by atoms with E-state index in [0.29, 0.717) is 41.9 Å². The molecular weight excluding hydrogens is 709 g/mol. The molecule has 3 heterocycles. The number of aromatic nitrogens is 3. The maximum absolute atomic E-state index is 13.7. The molecule has 14 heteroatoms. The highest BCUT2D eigenvalue weighted by molar-refractivity contribution is 7.99. The molecule has 2 aromatic heterocycles. The number of morpholine rings is 1. The number of aryl methyl sites for hydroxylation is 1. The molecule has 0 saturated carbocycles. The minimum absolute atomic E-state index is 0.159. The fourth-order valence-corrected chi connectivity index (χ4v) is 6.90. The monoisotopic (exact) mass is 750 g/mol. The SMILES string of the molecule is COC(=O)N[C@@H](Cc1ccc(-c2ccccc2)cc1)C(=O)Nc1ccccc1CC[C@@H]1CNC(COC(C)=O)C(CSc2nnc(-c3ccncc3)o2)O1. The first-order chi connectivity index (χ1) is 26.3. The van der Waals surface area contributed by atoms with E-state index in [1.807, 2.05) is 78.9 Å². The minimum atomic E-state index is -0.883. The zero-order valence-electron chi connectivity index (χ0n) is 30.0. The van der Waals surface area contributed by atoms with E-state index < -0.39 is 12.1 Å². The number of methoxy groups -OCH3 is 1. The number of amides is 2. The average Bonchev–Trinajstić information content (AvgIpc) is 3.69. The molecular formula is C40H42N6O7S. The summed E-state index contributed by atoms with van der Waals surface area (Å²) in [4.78, 5) is 41.6. The van der Waals surface area contributed by atoms with E-state index in [1.165, 1.54) is 25.8 Å². The maximum Gasteiger partial charge on any atom is 0.407 e. The zero-order valence-corrected chi connectivity index (χ0v) is 30.8. The largest absolute Gasteiger partial charge is 0.464 e. The third-order valence-electron chi connectivity index (χ3n) is 8.90. The van der Waals surface area contributed by atoms with Gasteiger partial charge in [-0.05, 0) is 53.3 Å². The first kappa shape index (κ1) is 38.2. The smallest absolute Gasteiger partial charge is 0.407 e. The molecule has 0 radical (unpaired) electrons. The number of pyridine rings is 1. The molecule has 0 aliphatic carbocycles. The first-order valence-corrected chi connectivity index (χ1v) is 18.6. The van der Waals surface area contributed by atoms with Gasteiger partial charge in [-0.3, -0.25) is 14.6 Å². The summed E-state index contributed by atoms with van der Waals surface area (Å²) in [6.45, 7) is 2.08. The summed E-state index contributed by atoms with van der Waals surface area (Å²) in [6.07, 6.45) is 3.64. The van der Waals surface area contributed by atoms with E-state index >= 15 is 0 Å². The van der Waals surface area contributed by atoms with Crippen LogP contribution in [0.3, 0.4) is 0 Å². The van der Waals surface area contributed by atoms with Crippen molar-refractivity contribution >= 4 is 35.4 Å². The molecule has 1 aliphatic heterocycles. The molecule has 2 unspecified atom stereocenters. The molecule has 6 rings (SSSR count). The number of carbonyl (C=O) groups is 3. The van der Waals surface area contributed by atoms with Crippen LogP contribution in [-0.2, 0) is 36.6 Å². The van der Waals surface area contributed by atoms with Crippen LogP contribution in [0.2, 0.25) is 0 Å². The van der Waals surface area contributed by atoms with E-state index in [1.54, 1.807) is 24.5 Å². The van der Waals surface area contributed by atoms with Gasteiger partial charge in [0.2, 0.25) is 11.8 Å². The van der Waals surface area contributed by atoms with Crippen LogP contribution in [0, 0.1) is 0 Å². The van der Waals surface area contributed by atoms with Crippen LogP contribution >= 0.6 is 11.8 Å². The Kier molecular flexibility index (Phi) is 13.4. The number of nitrogens with zero attached hydrogens (tertiary/aromatic N) is 3. The minimum Gasteiger partial charge on any atom is -0.464 e. The van der Waals surface area contributed by atoms with Gasteiger partial charge in [0.25, 0.3) is 5.22 Å². The topological polar surface area (TPSA) is 167 Å². The Labute approximate surface area is 317 Å². The van der Waals surface area contributed by atoms with Crippen molar-refractivity contribution in [2.75, 3.05) is 31.3 Å². The lowest BCUT2D eigenvalue weighted by Gasteiger charge is -2.37.